The second kappa shape index (κ2) is 12.8. The quantitative estimate of drug-likeness (QED) is 0.163. The normalized spacial score (nSPS) is 13.1. The molecule has 0 amide bonds. The van der Waals surface area contributed by atoms with Crippen LogP contribution in [0.1, 0.15) is 25.0 Å². The van der Waals surface area contributed by atoms with Crippen molar-refractivity contribution in [2.24, 2.45) is 0 Å². The molecule has 1 aliphatic rings. The topological polar surface area (TPSA) is 16.4 Å². The Hall–Kier alpha value is -7.42. The summed E-state index contributed by atoms with van der Waals surface area (Å²) < 4.78 is 6.34. The zero-order valence-electron chi connectivity index (χ0n) is 32.9. The van der Waals surface area contributed by atoms with Gasteiger partial charge in [0.25, 0.3) is 0 Å². The van der Waals surface area contributed by atoms with Gasteiger partial charge in [0.15, 0.2) is 0 Å². The first-order valence-corrected chi connectivity index (χ1v) is 20.5. The summed E-state index contributed by atoms with van der Waals surface area (Å²) >= 11 is 0. The van der Waals surface area contributed by atoms with E-state index in [2.05, 4.69) is 213 Å². The van der Waals surface area contributed by atoms with E-state index in [-0.39, 0.29) is 5.41 Å². The van der Waals surface area contributed by atoms with Crippen LogP contribution in [0.15, 0.2) is 205 Å². The third-order valence-corrected chi connectivity index (χ3v) is 12.9. The molecule has 0 N–H and O–H groups in total. The van der Waals surface area contributed by atoms with Crippen LogP contribution < -0.4 is 4.90 Å². The summed E-state index contributed by atoms with van der Waals surface area (Å²) in [4.78, 5) is 2.40. The standard InChI is InChI=1S/C57H39NO/c1-57(2)51-18-10-8-15-45(51)46-31-29-42(35-52(46)57)58(40-25-20-37(21-26-40)36-12-4-3-5-13-36)41-27-22-38(23-28-41)39-24-30-44-48-32-33-54-56(49-17-9-11-19-53(49)59-54)55(48)47-16-7-6-14-43(47)50(44)34-39/h3-35H,1-2H3. The first-order chi connectivity index (χ1) is 29.0. The number of hydrogen-bond acceptors (Lipinski definition) is 2. The highest BCUT2D eigenvalue weighted by Gasteiger charge is 2.35. The van der Waals surface area contributed by atoms with Gasteiger partial charge in [-0.05, 0) is 132 Å². The summed E-state index contributed by atoms with van der Waals surface area (Å²) in [7, 11) is 0. The van der Waals surface area contributed by atoms with Crippen molar-refractivity contribution >= 4 is 71.3 Å². The lowest BCUT2D eigenvalue weighted by atomic mass is 9.82. The molecule has 0 saturated heterocycles. The zero-order valence-corrected chi connectivity index (χ0v) is 32.9. The van der Waals surface area contributed by atoms with Crippen molar-refractivity contribution in [3.63, 3.8) is 0 Å². The summed E-state index contributed by atoms with van der Waals surface area (Å²) in [6.07, 6.45) is 0. The molecule has 59 heavy (non-hydrogen) atoms. The molecule has 0 saturated carbocycles. The van der Waals surface area contributed by atoms with Crippen molar-refractivity contribution < 1.29 is 4.42 Å². The predicted octanol–water partition coefficient (Wildman–Crippen LogP) is 16.2. The van der Waals surface area contributed by atoms with Crippen LogP contribution in [-0.4, -0.2) is 0 Å². The van der Waals surface area contributed by atoms with Gasteiger partial charge >= 0.3 is 0 Å². The Bertz CT molecular complexity index is 3430. The fraction of sp³-hybridized carbons (Fsp3) is 0.0526. The summed E-state index contributed by atoms with van der Waals surface area (Å²) in [5, 5.41) is 9.84. The van der Waals surface area contributed by atoms with E-state index in [1.165, 1.54) is 82.2 Å². The van der Waals surface area contributed by atoms with Gasteiger partial charge in [-0.3, -0.25) is 0 Å². The van der Waals surface area contributed by atoms with Crippen LogP contribution in [0.25, 0.3) is 87.6 Å². The molecule has 2 nitrogen and oxygen atoms in total. The van der Waals surface area contributed by atoms with Crippen molar-refractivity contribution in [3.8, 4) is 33.4 Å². The number of benzene rings is 10. The number of nitrogens with zero attached hydrogens (tertiary/aromatic N) is 1. The third kappa shape index (κ3) is 5.13. The molecule has 278 valence electrons. The van der Waals surface area contributed by atoms with Crippen LogP contribution in [-0.2, 0) is 5.41 Å². The fourth-order valence-electron chi connectivity index (χ4n) is 9.95. The van der Waals surface area contributed by atoms with Gasteiger partial charge in [-0.25, -0.2) is 0 Å². The molecule has 11 aromatic rings. The number of hydrogen-bond donors (Lipinski definition) is 0. The van der Waals surface area contributed by atoms with Crippen LogP contribution in [0, 0.1) is 0 Å². The van der Waals surface area contributed by atoms with Gasteiger partial charge in [0, 0.05) is 38.6 Å². The lowest BCUT2D eigenvalue weighted by molar-refractivity contribution is 0.660. The van der Waals surface area contributed by atoms with Crippen molar-refractivity contribution in [3.05, 3.63) is 211 Å². The number of fused-ring (bicyclic) bond motifs is 13. The Morgan fingerprint density at radius 3 is 1.66 bits per heavy atom. The minimum Gasteiger partial charge on any atom is -0.456 e. The van der Waals surface area contributed by atoms with Crippen molar-refractivity contribution in [1.29, 1.82) is 0 Å². The second-order valence-corrected chi connectivity index (χ2v) is 16.5. The van der Waals surface area contributed by atoms with Gasteiger partial charge in [0.2, 0.25) is 0 Å². The van der Waals surface area contributed by atoms with Crippen LogP contribution in [0.3, 0.4) is 0 Å². The number of rotatable bonds is 5. The largest absolute Gasteiger partial charge is 0.456 e. The summed E-state index contributed by atoms with van der Waals surface area (Å²) in [5.74, 6) is 0. The highest BCUT2D eigenvalue weighted by Crippen LogP contribution is 2.51. The molecule has 0 radical (unpaired) electrons. The minimum absolute atomic E-state index is 0.0987. The fourth-order valence-corrected chi connectivity index (χ4v) is 9.95. The smallest absolute Gasteiger partial charge is 0.136 e. The monoisotopic (exact) mass is 753 g/mol. The van der Waals surface area contributed by atoms with Gasteiger partial charge in [0.1, 0.15) is 11.2 Å². The van der Waals surface area contributed by atoms with Crippen LogP contribution >= 0.6 is 0 Å². The van der Waals surface area contributed by atoms with Crippen molar-refractivity contribution in [2.75, 3.05) is 4.90 Å². The molecular weight excluding hydrogens is 715 g/mol. The Balaban J connectivity index is 0.982. The highest BCUT2D eigenvalue weighted by atomic mass is 16.3. The highest BCUT2D eigenvalue weighted by molar-refractivity contribution is 6.34. The Kier molecular flexibility index (Phi) is 7.31. The molecule has 0 atom stereocenters. The molecule has 0 unspecified atom stereocenters. The maximum atomic E-state index is 6.34. The van der Waals surface area contributed by atoms with E-state index in [0.29, 0.717) is 0 Å². The Labute approximate surface area is 343 Å². The molecule has 0 spiro atoms. The van der Waals surface area contributed by atoms with E-state index in [9.17, 15) is 0 Å². The van der Waals surface area contributed by atoms with Gasteiger partial charge in [-0.1, -0.05) is 153 Å². The average molecular weight is 754 g/mol. The number of anilines is 3. The van der Waals surface area contributed by atoms with Crippen LogP contribution in [0.5, 0.6) is 0 Å². The molecule has 0 fully saturated rings. The molecule has 0 aliphatic heterocycles. The van der Waals surface area contributed by atoms with Gasteiger partial charge < -0.3 is 9.32 Å². The van der Waals surface area contributed by atoms with Gasteiger partial charge in [-0.2, -0.15) is 0 Å². The summed E-state index contributed by atoms with van der Waals surface area (Å²) in [5.41, 5.74) is 15.3. The Morgan fingerprint density at radius 2 is 0.881 bits per heavy atom. The molecule has 1 aliphatic carbocycles. The third-order valence-electron chi connectivity index (χ3n) is 12.9. The van der Waals surface area contributed by atoms with E-state index in [1.54, 1.807) is 0 Å². The van der Waals surface area contributed by atoms with Gasteiger partial charge in [0.05, 0.1) is 0 Å². The molecule has 2 heteroatoms. The predicted molar refractivity (Wildman–Crippen MR) is 249 cm³/mol. The summed E-state index contributed by atoms with van der Waals surface area (Å²) in [6, 6.07) is 73.1. The van der Waals surface area contributed by atoms with Crippen LogP contribution in [0.2, 0.25) is 0 Å². The second-order valence-electron chi connectivity index (χ2n) is 16.5. The molecule has 1 heterocycles. The molecule has 0 bridgehead atoms. The van der Waals surface area contributed by atoms with E-state index in [4.69, 9.17) is 4.42 Å². The van der Waals surface area contributed by atoms with E-state index in [1.807, 2.05) is 6.07 Å². The zero-order chi connectivity index (χ0) is 39.2. The average Bonchev–Trinajstić information content (AvgIpc) is 3.79. The van der Waals surface area contributed by atoms with Crippen molar-refractivity contribution in [2.45, 2.75) is 19.3 Å². The first kappa shape index (κ1) is 33.7. The number of para-hydroxylation sites is 1. The molecular formula is C57H39NO. The maximum absolute atomic E-state index is 6.34. The minimum atomic E-state index is -0.0987. The van der Waals surface area contributed by atoms with E-state index in [0.717, 1.165) is 33.6 Å². The van der Waals surface area contributed by atoms with E-state index >= 15 is 0 Å². The number of furan rings is 1. The van der Waals surface area contributed by atoms with Gasteiger partial charge in [-0.15, -0.1) is 0 Å². The Morgan fingerprint density at radius 1 is 0.339 bits per heavy atom. The molecule has 10 aromatic carbocycles. The lowest BCUT2D eigenvalue weighted by Gasteiger charge is -2.28. The molecule has 12 rings (SSSR count). The van der Waals surface area contributed by atoms with Crippen molar-refractivity contribution in [1.82, 2.24) is 0 Å². The lowest BCUT2D eigenvalue weighted by Crippen LogP contribution is -2.16. The first-order valence-electron chi connectivity index (χ1n) is 20.5. The SMILES string of the molecule is CC1(C)c2ccccc2-c2ccc(N(c3ccc(-c4ccccc4)cc3)c3ccc(-c4ccc5c(c4)c4ccccc4c4c5ccc5oc6ccccc6c54)cc3)cc21. The summed E-state index contributed by atoms with van der Waals surface area (Å²) in [6.45, 7) is 4.70. The van der Waals surface area contributed by atoms with Crippen LogP contribution in [0.4, 0.5) is 17.1 Å². The van der Waals surface area contributed by atoms with E-state index < -0.39 is 0 Å². The molecule has 1 aromatic heterocycles. The maximum Gasteiger partial charge on any atom is 0.136 e.